The first-order valence-corrected chi connectivity index (χ1v) is 11.0. The van der Waals surface area contributed by atoms with Crippen molar-refractivity contribution in [3.8, 4) is 5.75 Å². The minimum Gasteiger partial charge on any atom is -0.497 e. The predicted molar refractivity (Wildman–Crippen MR) is 109 cm³/mol. The van der Waals surface area contributed by atoms with Crippen molar-refractivity contribution in [2.24, 2.45) is 0 Å². The van der Waals surface area contributed by atoms with E-state index in [1.165, 1.54) is 12.1 Å². The van der Waals surface area contributed by atoms with Crippen LogP contribution in [0.4, 0.5) is 5.69 Å². The van der Waals surface area contributed by atoms with Crippen LogP contribution < -0.4 is 14.8 Å². The highest BCUT2D eigenvalue weighted by molar-refractivity contribution is 9.10. The summed E-state index contributed by atoms with van der Waals surface area (Å²) in [4.78, 5) is 12.4. The summed E-state index contributed by atoms with van der Waals surface area (Å²) in [7, 11) is -2.13. The molecule has 8 nitrogen and oxygen atoms in total. The number of nitrogens with one attached hydrogen (secondary N) is 2. The summed E-state index contributed by atoms with van der Waals surface area (Å²) in [6, 6.07) is 13.1. The lowest BCUT2D eigenvalue weighted by molar-refractivity contribution is 0.102. The van der Waals surface area contributed by atoms with Crippen LogP contribution in [0.15, 0.2) is 57.9 Å². The van der Waals surface area contributed by atoms with Gasteiger partial charge in [-0.1, -0.05) is 27.3 Å². The van der Waals surface area contributed by atoms with Gasteiger partial charge in [0.15, 0.2) is 0 Å². The van der Waals surface area contributed by atoms with Crippen LogP contribution in [-0.2, 0) is 16.6 Å². The summed E-state index contributed by atoms with van der Waals surface area (Å²) in [5, 5.41) is 10.9. The Morgan fingerprint density at radius 3 is 2.43 bits per heavy atom. The number of hydrogen-bond donors (Lipinski definition) is 2. The number of hydrogen-bond acceptors (Lipinski definition) is 7. The lowest BCUT2D eigenvalue weighted by Crippen LogP contribution is -2.23. The highest BCUT2D eigenvalue weighted by Crippen LogP contribution is 2.18. The van der Waals surface area contributed by atoms with Crippen LogP contribution in [0.1, 0.15) is 14.8 Å². The lowest BCUT2D eigenvalue weighted by Gasteiger charge is -2.05. The van der Waals surface area contributed by atoms with E-state index in [2.05, 4.69) is 36.2 Å². The number of carbonyl (C=O) groups is 1. The molecule has 28 heavy (non-hydrogen) atoms. The molecule has 0 radical (unpaired) electrons. The molecule has 1 heterocycles. The van der Waals surface area contributed by atoms with Gasteiger partial charge in [-0.2, -0.15) is 0 Å². The minimum atomic E-state index is -3.69. The van der Waals surface area contributed by atoms with Gasteiger partial charge in [-0.25, -0.2) is 13.1 Å². The van der Waals surface area contributed by atoms with E-state index < -0.39 is 15.9 Å². The molecule has 0 aliphatic carbocycles. The van der Waals surface area contributed by atoms with Gasteiger partial charge in [0, 0.05) is 10.2 Å². The molecular formula is C17H15BrN4O4S2. The normalized spacial score (nSPS) is 11.2. The average molecular weight is 483 g/mol. The van der Waals surface area contributed by atoms with Gasteiger partial charge < -0.3 is 10.1 Å². The molecule has 146 valence electrons. The Morgan fingerprint density at radius 1 is 1.11 bits per heavy atom. The molecule has 3 aromatic rings. The van der Waals surface area contributed by atoms with Gasteiger partial charge in [0.25, 0.3) is 5.91 Å². The average Bonchev–Trinajstić information content (AvgIpc) is 3.17. The van der Waals surface area contributed by atoms with Crippen molar-refractivity contribution in [1.82, 2.24) is 14.9 Å². The highest BCUT2D eigenvalue weighted by atomic mass is 79.9. The van der Waals surface area contributed by atoms with Crippen molar-refractivity contribution in [2.45, 2.75) is 11.4 Å². The molecule has 0 saturated carbocycles. The Hall–Kier alpha value is -2.34. The second-order valence-corrected chi connectivity index (χ2v) is 9.21. The van der Waals surface area contributed by atoms with Gasteiger partial charge in [-0.3, -0.25) is 4.79 Å². The fourth-order valence-electron chi connectivity index (χ4n) is 2.13. The third-order valence-corrected chi connectivity index (χ3v) is 6.41. The summed E-state index contributed by atoms with van der Waals surface area (Å²) in [6.07, 6.45) is 0. The lowest BCUT2D eigenvalue weighted by atomic mass is 10.3. The van der Waals surface area contributed by atoms with E-state index in [0.717, 1.165) is 15.8 Å². The second kappa shape index (κ2) is 8.78. The molecule has 1 aromatic heterocycles. The molecule has 0 spiro atoms. The van der Waals surface area contributed by atoms with E-state index in [1.54, 1.807) is 43.5 Å². The number of amides is 1. The highest BCUT2D eigenvalue weighted by Gasteiger charge is 2.17. The summed E-state index contributed by atoms with van der Waals surface area (Å²) < 4.78 is 32.9. The molecule has 1 amide bonds. The fraction of sp³-hybridized carbons (Fsp3) is 0.118. The molecule has 0 aliphatic rings. The van der Waals surface area contributed by atoms with Crippen LogP contribution in [-0.4, -0.2) is 31.6 Å². The Kier molecular flexibility index (Phi) is 6.39. The standard InChI is InChI=1S/C17H15BrN4O4S2/c1-26-13-6-4-12(5-7-13)20-16(23)17-22-21-15(27-17)10-19-28(24,25)14-8-2-11(18)3-9-14/h2-9,19H,10H2,1H3,(H,20,23). The number of methoxy groups -OCH3 is 1. The molecule has 0 unspecified atom stereocenters. The monoisotopic (exact) mass is 482 g/mol. The topological polar surface area (TPSA) is 110 Å². The molecule has 11 heteroatoms. The molecule has 2 N–H and O–H groups in total. The molecular weight excluding hydrogens is 468 g/mol. The number of rotatable bonds is 7. The zero-order valence-corrected chi connectivity index (χ0v) is 17.8. The smallest absolute Gasteiger partial charge is 0.286 e. The second-order valence-electron chi connectivity index (χ2n) is 5.46. The summed E-state index contributed by atoms with van der Waals surface area (Å²) >= 11 is 4.27. The Labute approximate surface area is 174 Å². The molecule has 2 aromatic carbocycles. The summed E-state index contributed by atoms with van der Waals surface area (Å²) in [6.45, 7) is -0.0636. The number of sulfonamides is 1. The number of anilines is 1. The Balaban J connectivity index is 1.61. The van der Waals surface area contributed by atoms with Gasteiger partial charge in [0.2, 0.25) is 15.0 Å². The first-order chi connectivity index (χ1) is 13.4. The van der Waals surface area contributed by atoms with Crippen molar-refractivity contribution >= 4 is 48.9 Å². The van der Waals surface area contributed by atoms with E-state index in [0.29, 0.717) is 16.4 Å². The zero-order chi connectivity index (χ0) is 20.1. The van der Waals surface area contributed by atoms with Crippen LogP contribution in [0, 0.1) is 0 Å². The van der Waals surface area contributed by atoms with Crippen molar-refractivity contribution < 1.29 is 17.9 Å². The van der Waals surface area contributed by atoms with Crippen molar-refractivity contribution in [3.05, 3.63) is 63.0 Å². The van der Waals surface area contributed by atoms with E-state index in [1.807, 2.05) is 0 Å². The molecule has 0 fully saturated rings. The van der Waals surface area contributed by atoms with Gasteiger partial charge in [0.05, 0.1) is 18.6 Å². The zero-order valence-electron chi connectivity index (χ0n) is 14.5. The van der Waals surface area contributed by atoms with Gasteiger partial charge >= 0.3 is 0 Å². The SMILES string of the molecule is COc1ccc(NC(=O)c2nnc(CNS(=O)(=O)c3ccc(Br)cc3)s2)cc1. The number of nitrogens with zero attached hydrogens (tertiary/aromatic N) is 2. The quantitative estimate of drug-likeness (QED) is 0.535. The fourth-order valence-corrected chi connectivity index (χ4v) is 4.15. The number of aromatic nitrogens is 2. The van der Waals surface area contributed by atoms with Gasteiger partial charge in [-0.05, 0) is 48.5 Å². The first-order valence-electron chi connectivity index (χ1n) is 7.90. The molecule has 0 atom stereocenters. The third-order valence-electron chi connectivity index (χ3n) is 3.55. The largest absolute Gasteiger partial charge is 0.497 e. The van der Waals surface area contributed by atoms with E-state index in [-0.39, 0.29) is 16.4 Å². The van der Waals surface area contributed by atoms with Crippen LogP contribution in [0.5, 0.6) is 5.75 Å². The summed E-state index contributed by atoms with van der Waals surface area (Å²) in [5.74, 6) is 0.249. The van der Waals surface area contributed by atoms with E-state index in [4.69, 9.17) is 4.74 Å². The van der Waals surface area contributed by atoms with E-state index in [9.17, 15) is 13.2 Å². The number of benzene rings is 2. The van der Waals surface area contributed by atoms with E-state index >= 15 is 0 Å². The van der Waals surface area contributed by atoms with Crippen LogP contribution >= 0.6 is 27.3 Å². The molecule has 3 rings (SSSR count). The maximum atomic E-state index is 12.3. The molecule has 0 aliphatic heterocycles. The Bertz CT molecular complexity index is 1070. The molecule has 0 bridgehead atoms. The first kappa shape index (κ1) is 20.4. The van der Waals surface area contributed by atoms with Gasteiger partial charge in [-0.15, -0.1) is 10.2 Å². The number of halogens is 1. The number of ether oxygens (including phenoxy) is 1. The maximum absolute atomic E-state index is 12.3. The summed E-state index contributed by atoms with van der Waals surface area (Å²) in [5.41, 5.74) is 0.582. The molecule has 0 saturated heterocycles. The van der Waals surface area contributed by atoms with Crippen molar-refractivity contribution in [1.29, 1.82) is 0 Å². The van der Waals surface area contributed by atoms with Crippen LogP contribution in [0.2, 0.25) is 0 Å². The van der Waals surface area contributed by atoms with Gasteiger partial charge in [0.1, 0.15) is 10.8 Å². The minimum absolute atomic E-state index is 0.0636. The maximum Gasteiger partial charge on any atom is 0.286 e. The van der Waals surface area contributed by atoms with Crippen LogP contribution in [0.25, 0.3) is 0 Å². The Morgan fingerprint density at radius 2 is 1.79 bits per heavy atom. The predicted octanol–water partition coefficient (Wildman–Crippen LogP) is 3.04. The number of carbonyl (C=O) groups excluding carboxylic acids is 1. The van der Waals surface area contributed by atoms with Crippen molar-refractivity contribution in [3.63, 3.8) is 0 Å². The van der Waals surface area contributed by atoms with Crippen molar-refractivity contribution in [2.75, 3.05) is 12.4 Å². The third kappa shape index (κ3) is 5.13. The van der Waals surface area contributed by atoms with Crippen LogP contribution in [0.3, 0.4) is 0 Å².